The molecule has 0 fully saturated rings. The van der Waals surface area contributed by atoms with Gasteiger partial charge in [-0.05, 0) is 13.8 Å². The first-order chi connectivity index (χ1) is 6.98. The zero-order chi connectivity index (χ0) is 11.7. The van der Waals surface area contributed by atoms with Gasteiger partial charge in [-0.3, -0.25) is 0 Å². The standard InChI is InChI=1S/C9H20N2O3S/c1-9(2)14-7-8-15(12,13)11-6-4-3-5-10/h3-4,9,11H,5-8,10H2,1-2H3/b4-3+. The molecule has 0 spiro atoms. The highest BCUT2D eigenvalue weighted by atomic mass is 32.2. The average molecular weight is 236 g/mol. The summed E-state index contributed by atoms with van der Waals surface area (Å²) >= 11 is 0. The summed E-state index contributed by atoms with van der Waals surface area (Å²) in [6, 6.07) is 0. The van der Waals surface area contributed by atoms with Crippen LogP contribution in [0.25, 0.3) is 0 Å². The number of hydrogen-bond acceptors (Lipinski definition) is 4. The Balaban J connectivity index is 3.73. The van der Waals surface area contributed by atoms with E-state index in [1.54, 1.807) is 12.2 Å². The summed E-state index contributed by atoms with van der Waals surface area (Å²) in [5, 5.41) is 0. The van der Waals surface area contributed by atoms with Crippen molar-refractivity contribution < 1.29 is 13.2 Å². The van der Waals surface area contributed by atoms with Gasteiger partial charge in [0.1, 0.15) is 0 Å². The number of ether oxygens (including phenoxy) is 1. The molecule has 0 aromatic carbocycles. The van der Waals surface area contributed by atoms with Crippen LogP contribution in [0.4, 0.5) is 0 Å². The van der Waals surface area contributed by atoms with Crippen LogP contribution in [0.2, 0.25) is 0 Å². The lowest BCUT2D eigenvalue weighted by Gasteiger charge is -2.08. The average Bonchev–Trinajstić information content (AvgIpc) is 2.11. The molecule has 0 atom stereocenters. The van der Waals surface area contributed by atoms with Gasteiger partial charge in [-0.2, -0.15) is 0 Å². The Bertz CT molecular complexity index is 273. The van der Waals surface area contributed by atoms with Gasteiger partial charge in [-0.25, -0.2) is 13.1 Å². The Hall–Kier alpha value is -0.430. The van der Waals surface area contributed by atoms with Crippen LogP contribution < -0.4 is 10.5 Å². The van der Waals surface area contributed by atoms with Gasteiger partial charge >= 0.3 is 0 Å². The smallest absolute Gasteiger partial charge is 0.214 e. The molecule has 0 aliphatic heterocycles. The predicted octanol–water partition coefficient (Wildman–Crippen LogP) is -0.154. The van der Waals surface area contributed by atoms with Crippen LogP contribution in [0.3, 0.4) is 0 Å². The van der Waals surface area contributed by atoms with E-state index in [9.17, 15) is 8.42 Å². The molecule has 0 aromatic rings. The first kappa shape index (κ1) is 14.6. The monoisotopic (exact) mass is 236 g/mol. The molecule has 0 rings (SSSR count). The highest BCUT2D eigenvalue weighted by molar-refractivity contribution is 7.89. The third-order valence-electron chi connectivity index (χ3n) is 1.53. The van der Waals surface area contributed by atoms with E-state index >= 15 is 0 Å². The van der Waals surface area contributed by atoms with E-state index in [4.69, 9.17) is 10.5 Å². The zero-order valence-corrected chi connectivity index (χ0v) is 10.1. The molecule has 3 N–H and O–H groups in total. The van der Waals surface area contributed by atoms with Crippen molar-refractivity contribution in [3.05, 3.63) is 12.2 Å². The third-order valence-corrected chi connectivity index (χ3v) is 2.84. The quantitative estimate of drug-likeness (QED) is 0.574. The van der Waals surface area contributed by atoms with E-state index in [0.29, 0.717) is 6.54 Å². The van der Waals surface area contributed by atoms with Gasteiger partial charge in [-0.15, -0.1) is 0 Å². The van der Waals surface area contributed by atoms with Crippen LogP contribution >= 0.6 is 0 Å². The molecule has 15 heavy (non-hydrogen) atoms. The number of hydrogen-bond donors (Lipinski definition) is 2. The third kappa shape index (κ3) is 9.86. The predicted molar refractivity (Wildman–Crippen MR) is 61.1 cm³/mol. The molecule has 0 aliphatic carbocycles. The molecule has 0 saturated carbocycles. The van der Waals surface area contributed by atoms with Crippen molar-refractivity contribution in [1.82, 2.24) is 4.72 Å². The second-order valence-electron chi connectivity index (χ2n) is 3.29. The number of nitrogens with one attached hydrogen (secondary N) is 1. The minimum atomic E-state index is -3.22. The van der Waals surface area contributed by atoms with E-state index in [1.807, 2.05) is 13.8 Å². The van der Waals surface area contributed by atoms with Crippen LogP contribution in [0.1, 0.15) is 13.8 Å². The molecule has 0 heterocycles. The van der Waals surface area contributed by atoms with Gasteiger partial charge in [0.2, 0.25) is 10.0 Å². The Morgan fingerprint density at radius 1 is 1.40 bits per heavy atom. The molecular weight excluding hydrogens is 216 g/mol. The lowest BCUT2D eigenvalue weighted by molar-refractivity contribution is 0.0911. The molecule has 0 amide bonds. The SMILES string of the molecule is CC(C)OCCS(=O)(=O)NC/C=C/CN. The van der Waals surface area contributed by atoms with Crippen LogP contribution in [0.5, 0.6) is 0 Å². The number of rotatable bonds is 8. The first-order valence-corrected chi connectivity index (χ1v) is 6.57. The summed E-state index contributed by atoms with van der Waals surface area (Å²) in [5.41, 5.74) is 5.21. The second kappa shape index (κ2) is 7.81. The fourth-order valence-corrected chi connectivity index (χ4v) is 1.63. The second-order valence-corrected chi connectivity index (χ2v) is 5.22. The number of nitrogens with two attached hydrogens (primary N) is 1. The van der Waals surface area contributed by atoms with E-state index in [-0.39, 0.29) is 25.0 Å². The fourth-order valence-electron chi connectivity index (χ4n) is 0.820. The minimum absolute atomic E-state index is 0.0123. The largest absolute Gasteiger partial charge is 0.378 e. The Morgan fingerprint density at radius 3 is 2.60 bits per heavy atom. The zero-order valence-electron chi connectivity index (χ0n) is 9.27. The van der Waals surface area contributed by atoms with E-state index in [2.05, 4.69) is 4.72 Å². The Morgan fingerprint density at radius 2 is 2.07 bits per heavy atom. The van der Waals surface area contributed by atoms with Gasteiger partial charge < -0.3 is 10.5 Å². The summed E-state index contributed by atoms with van der Waals surface area (Å²) in [6.45, 7) is 4.64. The molecular formula is C9H20N2O3S. The first-order valence-electron chi connectivity index (χ1n) is 4.92. The Kier molecular flexibility index (Phi) is 7.59. The summed E-state index contributed by atoms with van der Waals surface area (Å²) < 4.78 is 30.2. The van der Waals surface area contributed by atoms with Gasteiger partial charge in [0.15, 0.2) is 0 Å². The summed E-state index contributed by atoms with van der Waals surface area (Å²) in [6.07, 6.45) is 3.44. The highest BCUT2D eigenvalue weighted by Gasteiger charge is 2.08. The summed E-state index contributed by atoms with van der Waals surface area (Å²) in [7, 11) is -3.22. The van der Waals surface area contributed by atoms with Crippen molar-refractivity contribution in [2.24, 2.45) is 5.73 Å². The lowest BCUT2D eigenvalue weighted by Crippen LogP contribution is -2.29. The Labute approximate surface area is 91.7 Å². The van der Waals surface area contributed by atoms with Crippen molar-refractivity contribution in [1.29, 1.82) is 0 Å². The van der Waals surface area contributed by atoms with Crippen molar-refractivity contribution in [3.63, 3.8) is 0 Å². The van der Waals surface area contributed by atoms with Gasteiger partial charge in [0.05, 0.1) is 18.5 Å². The summed E-state index contributed by atoms with van der Waals surface area (Å²) in [4.78, 5) is 0. The molecule has 0 aromatic heterocycles. The molecule has 0 saturated heterocycles. The van der Waals surface area contributed by atoms with Crippen molar-refractivity contribution >= 4 is 10.0 Å². The van der Waals surface area contributed by atoms with Crippen molar-refractivity contribution in [2.45, 2.75) is 20.0 Å². The van der Waals surface area contributed by atoms with Crippen LogP contribution in [-0.2, 0) is 14.8 Å². The maximum absolute atomic E-state index is 11.3. The highest BCUT2D eigenvalue weighted by Crippen LogP contribution is 1.90. The van der Waals surface area contributed by atoms with E-state index in [1.165, 1.54) is 0 Å². The van der Waals surface area contributed by atoms with Gasteiger partial charge in [0, 0.05) is 13.1 Å². The van der Waals surface area contributed by atoms with Gasteiger partial charge in [0.25, 0.3) is 0 Å². The molecule has 90 valence electrons. The minimum Gasteiger partial charge on any atom is -0.378 e. The maximum atomic E-state index is 11.3. The van der Waals surface area contributed by atoms with Crippen LogP contribution in [-0.4, -0.2) is 40.0 Å². The molecule has 0 radical (unpaired) electrons. The summed E-state index contributed by atoms with van der Waals surface area (Å²) in [5.74, 6) is -0.0123. The molecule has 5 nitrogen and oxygen atoms in total. The normalized spacial score (nSPS) is 12.8. The molecule has 6 heteroatoms. The van der Waals surface area contributed by atoms with E-state index in [0.717, 1.165) is 0 Å². The van der Waals surface area contributed by atoms with Gasteiger partial charge in [-0.1, -0.05) is 12.2 Å². The topological polar surface area (TPSA) is 81.4 Å². The lowest BCUT2D eigenvalue weighted by atomic mass is 10.5. The van der Waals surface area contributed by atoms with Crippen LogP contribution in [0, 0.1) is 0 Å². The fraction of sp³-hybridized carbons (Fsp3) is 0.778. The molecule has 0 aliphatic rings. The molecule has 0 unspecified atom stereocenters. The molecule has 0 bridgehead atoms. The van der Waals surface area contributed by atoms with Crippen molar-refractivity contribution in [2.75, 3.05) is 25.4 Å². The van der Waals surface area contributed by atoms with Crippen LogP contribution in [0.15, 0.2) is 12.2 Å². The maximum Gasteiger partial charge on any atom is 0.214 e. The number of sulfonamides is 1. The van der Waals surface area contributed by atoms with E-state index < -0.39 is 10.0 Å². The van der Waals surface area contributed by atoms with Crippen molar-refractivity contribution in [3.8, 4) is 0 Å².